The van der Waals surface area contributed by atoms with Gasteiger partial charge in [0.25, 0.3) is 0 Å². The van der Waals surface area contributed by atoms with Crippen LogP contribution in [0.15, 0.2) is 27.3 Å². The number of nitrogens with zero attached hydrogens (tertiary/aromatic N) is 2. The van der Waals surface area contributed by atoms with Gasteiger partial charge in [-0.25, -0.2) is 13.1 Å². The molecule has 0 aliphatic rings. The SMILES string of the molecule is NCc1ccc(S(=O)(=O)NCc2ncon2)s1. The van der Waals surface area contributed by atoms with Crippen LogP contribution in [0.3, 0.4) is 0 Å². The van der Waals surface area contributed by atoms with Crippen LogP contribution in [0.25, 0.3) is 0 Å². The Balaban J connectivity index is 2.08. The van der Waals surface area contributed by atoms with Gasteiger partial charge in [0.2, 0.25) is 16.4 Å². The molecule has 0 spiro atoms. The molecule has 2 aromatic rings. The van der Waals surface area contributed by atoms with Crippen LogP contribution < -0.4 is 10.5 Å². The van der Waals surface area contributed by atoms with E-state index >= 15 is 0 Å². The molecule has 0 saturated carbocycles. The maximum atomic E-state index is 11.8. The third-order valence-electron chi connectivity index (χ3n) is 1.93. The molecule has 7 nitrogen and oxygen atoms in total. The van der Waals surface area contributed by atoms with E-state index < -0.39 is 10.0 Å². The zero-order chi connectivity index (χ0) is 12.3. The van der Waals surface area contributed by atoms with Crippen LogP contribution in [0.1, 0.15) is 10.7 Å². The van der Waals surface area contributed by atoms with Crippen LogP contribution in [-0.4, -0.2) is 18.6 Å². The Morgan fingerprint density at radius 1 is 1.47 bits per heavy atom. The second-order valence-electron chi connectivity index (χ2n) is 3.10. The molecule has 2 rings (SSSR count). The van der Waals surface area contributed by atoms with Gasteiger partial charge in [-0.15, -0.1) is 11.3 Å². The molecule has 17 heavy (non-hydrogen) atoms. The molecule has 0 amide bonds. The minimum Gasteiger partial charge on any atom is -0.343 e. The van der Waals surface area contributed by atoms with Crippen molar-refractivity contribution >= 4 is 21.4 Å². The van der Waals surface area contributed by atoms with Crippen molar-refractivity contribution in [3.8, 4) is 0 Å². The molecule has 92 valence electrons. The summed E-state index contributed by atoms with van der Waals surface area (Å²) >= 11 is 1.14. The molecule has 0 fully saturated rings. The number of aromatic nitrogens is 2. The standard InChI is InChI=1S/C8H10N4O3S2/c9-3-6-1-2-8(16-6)17(13,14)11-4-7-10-5-15-12-7/h1-2,5,11H,3-4,9H2. The lowest BCUT2D eigenvalue weighted by Gasteiger charge is -2.00. The van der Waals surface area contributed by atoms with Gasteiger partial charge in [-0.1, -0.05) is 5.16 Å². The van der Waals surface area contributed by atoms with Crippen molar-refractivity contribution in [2.24, 2.45) is 5.73 Å². The third-order valence-corrected chi connectivity index (χ3v) is 4.93. The summed E-state index contributed by atoms with van der Waals surface area (Å²) in [5.74, 6) is 0.282. The van der Waals surface area contributed by atoms with Crippen LogP contribution in [-0.2, 0) is 23.1 Å². The lowest BCUT2D eigenvalue weighted by molar-refractivity contribution is 0.409. The lowest BCUT2D eigenvalue weighted by atomic mass is 10.5. The maximum Gasteiger partial charge on any atom is 0.250 e. The van der Waals surface area contributed by atoms with Gasteiger partial charge in [0, 0.05) is 11.4 Å². The Kier molecular flexibility index (Phi) is 3.52. The van der Waals surface area contributed by atoms with Crippen molar-refractivity contribution < 1.29 is 12.9 Å². The number of rotatable bonds is 5. The molecular formula is C8H10N4O3S2. The van der Waals surface area contributed by atoms with Gasteiger partial charge in [-0.2, -0.15) is 4.98 Å². The number of nitrogens with two attached hydrogens (primary N) is 1. The number of sulfonamides is 1. The minimum atomic E-state index is -3.53. The fourth-order valence-electron chi connectivity index (χ4n) is 1.11. The van der Waals surface area contributed by atoms with Crippen LogP contribution in [0, 0.1) is 0 Å². The van der Waals surface area contributed by atoms with Crippen molar-refractivity contribution in [3.05, 3.63) is 29.2 Å². The largest absolute Gasteiger partial charge is 0.343 e. The van der Waals surface area contributed by atoms with Gasteiger partial charge < -0.3 is 10.3 Å². The smallest absolute Gasteiger partial charge is 0.250 e. The third kappa shape index (κ3) is 2.88. The molecule has 3 N–H and O–H groups in total. The van der Waals surface area contributed by atoms with E-state index in [4.69, 9.17) is 5.73 Å². The van der Waals surface area contributed by atoms with E-state index in [0.29, 0.717) is 6.54 Å². The first-order chi connectivity index (χ1) is 8.12. The van der Waals surface area contributed by atoms with Gasteiger partial charge in [-0.05, 0) is 12.1 Å². The average Bonchev–Trinajstić information content (AvgIpc) is 2.98. The monoisotopic (exact) mass is 274 g/mol. The summed E-state index contributed by atoms with van der Waals surface area (Å²) in [5, 5.41) is 3.50. The van der Waals surface area contributed by atoms with Crippen molar-refractivity contribution in [2.45, 2.75) is 17.3 Å². The highest BCUT2D eigenvalue weighted by molar-refractivity contribution is 7.91. The van der Waals surface area contributed by atoms with E-state index in [-0.39, 0.29) is 16.6 Å². The Labute approximate surface area is 102 Å². The van der Waals surface area contributed by atoms with Crippen LogP contribution >= 0.6 is 11.3 Å². The number of hydrogen-bond acceptors (Lipinski definition) is 7. The second kappa shape index (κ2) is 4.92. The van der Waals surface area contributed by atoms with E-state index in [9.17, 15) is 8.42 Å². The van der Waals surface area contributed by atoms with Crippen molar-refractivity contribution in [3.63, 3.8) is 0 Å². The number of hydrogen-bond donors (Lipinski definition) is 2. The first-order valence-corrected chi connectivity index (χ1v) is 6.95. The molecule has 0 aromatic carbocycles. The van der Waals surface area contributed by atoms with Gasteiger partial charge in [0.15, 0.2) is 5.82 Å². The normalized spacial score (nSPS) is 11.8. The second-order valence-corrected chi connectivity index (χ2v) is 6.26. The van der Waals surface area contributed by atoms with Gasteiger partial charge >= 0.3 is 0 Å². The number of thiophene rings is 1. The first-order valence-electron chi connectivity index (χ1n) is 4.65. The fraction of sp³-hybridized carbons (Fsp3) is 0.250. The summed E-state index contributed by atoms with van der Waals surface area (Å²) in [5.41, 5.74) is 5.42. The van der Waals surface area contributed by atoms with Gasteiger partial charge in [0.1, 0.15) is 4.21 Å². The molecule has 0 saturated heterocycles. The Bertz CT molecular complexity index is 576. The van der Waals surface area contributed by atoms with Crippen molar-refractivity contribution in [1.82, 2.24) is 14.9 Å². The molecular weight excluding hydrogens is 264 g/mol. The van der Waals surface area contributed by atoms with E-state index in [2.05, 4.69) is 19.4 Å². The molecule has 9 heteroatoms. The maximum absolute atomic E-state index is 11.8. The van der Waals surface area contributed by atoms with Gasteiger partial charge in [0.05, 0.1) is 6.54 Å². The summed E-state index contributed by atoms with van der Waals surface area (Å²) in [7, 11) is -3.53. The van der Waals surface area contributed by atoms with E-state index in [1.165, 1.54) is 6.07 Å². The Hall–Kier alpha value is -1.29. The summed E-state index contributed by atoms with van der Waals surface area (Å²) in [6, 6.07) is 3.21. The molecule has 0 aliphatic heterocycles. The molecule has 0 aliphatic carbocycles. The highest BCUT2D eigenvalue weighted by Crippen LogP contribution is 2.20. The predicted molar refractivity (Wildman–Crippen MR) is 60.5 cm³/mol. The molecule has 2 aromatic heterocycles. The topological polar surface area (TPSA) is 111 Å². The zero-order valence-corrected chi connectivity index (χ0v) is 10.3. The fourth-order valence-corrected chi connectivity index (χ4v) is 3.37. The number of nitrogens with one attached hydrogen (secondary N) is 1. The lowest BCUT2D eigenvalue weighted by Crippen LogP contribution is -2.22. The van der Waals surface area contributed by atoms with Gasteiger partial charge in [-0.3, -0.25) is 0 Å². The Morgan fingerprint density at radius 3 is 2.88 bits per heavy atom. The summed E-state index contributed by atoms with van der Waals surface area (Å²) < 4.78 is 30.8. The molecule has 0 atom stereocenters. The minimum absolute atomic E-state index is 0.00527. The summed E-state index contributed by atoms with van der Waals surface area (Å²) in [6.45, 7) is 0.319. The molecule has 0 unspecified atom stereocenters. The summed E-state index contributed by atoms with van der Waals surface area (Å²) in [4.78, 5) is 4.52. The van der Waals surface area contributed by atoms with Crippen molar-refractivity contribution in [2.75, 3.05) is 0 Å². The summed E-state index contributed by atoms with van der Waals surface area (Å²) in [6.07, 6.45) is 1.14. The first kappa shape index (κ1) is 12.2. The Morgan fingerprint density at radius 2 is 2.29 bits per heavy atom. The molecule has 2 heterocycles. The van der Waals surface area contributed by atoms with E-state index in [1.54, 1.807) is 6.07 Å². The zero-order valence-electron chi connectivity index (χ0n) is 8.66. The van der Waals surface area contributed by atoms with Crippen LogP contribution in [0.4, 0.5) is 0 Å². The highest BCUT2D eigenvalue weighted by atomic mass is 32.2. The van der Waals surface area contributed by atoms with E-state index in [1.807, 2.05) is 0 Å². The predicted octanol–water partition coefficient (Wildman–Crippen LogP) is 0.0683. The van der Waals surface area contributed by atoms with Crippen molar-refractivity contribution in [1.29, 1.82) is 0 Å². The molecule has 0 radical (unpaired) electrons. The molecule has 0 bridgehead atoms. The average molecular weight is 274 g/mol. The van der Waals surface area contributed by atoms with Crippen LogP contribution in [0.2, 0.25) is 0 Å². The highest BCUT2D eigenvalue weighted by Gasteiger charge is 2.17. The quantitative estimate of drug-likeness (QED) is 0.798. The van der Waals surface area contributed by atoms with E-state index in [0.717, 1.165) is 22.6 Å². The van der Waals surface area contributed by atoms with Crippen LogP contribution in [0.5, 0.6) is 0 Å².